The molecule has 5 heteroatoms. The van der Waals surface area contributed by atoms with Gasteiger partial charge in [0.1, 0.15) is 6.04 Å². The Morgan fingerprint density at radius 3 is 2.32 bits per heavy atom. The summed E-state index contributed by atoms with van der Waals surface area (Å²) < 4.78 is 0. The van der Waals surface area contributed by atoms with Crippen molar-refractivity contribution in [3.63, 3.8) is 0 Å². The molecule has 1 aliphatic carbocycles. The van der Waals surface area contributed by atoms with E-state index < -0.39 is 12.0 Å². The van der Waals surface area contributed by atoms with Crippen LogP contribution in [0.4, 0.5) is 0 Å². The van der Waals surface area contributed by atoms with E-state index in [-0.39, 0.29) is 24.9 Å². The number of carbonyl (C=O) groups is 2. The Hall–Kier alpha value is -1.88. The standard InChI is InChI=1S/C14H17NO4/c16-6-5-12(14(18)19)15-13(17)11-7-9-3-1-2-4-10(9)8-11/h1-4,11-12,16H,5-8H2,(H,15,17)(H,18,19)/t12-/m0/s1. The molecular weight excluding hydrogens is 246 g/mol. The summed E-state index contributed by atoms with van der Waals surface area (Å²) in [6, 6.07) is 6.84. The zero-order valence-corrected chi connectivity index (χ0v) is 10.5. The molecule has 102 valence electrons. The van der Waals surface area contributed by atoms with E-state index in [0.29, 0.717) is 12.8 Å². The van der Waals surface area contributed by atoms with Crippen LogP contribution in [0.15, 0.2) is 24.3 Å². The summed E-state index contributed by atoms with van der Waals surface area (Å²) in [4.78, 5) is 23.0. The number of aliphatic carboxylic acids is 1. The molecule has 0 unspecified atom stereocenters. The number of carbonyl (C=O) groups excluding carboxylic acids is 1. The van der Waals surface area contributed by atoms with E-state index in [1.165, 1.54) is 0 Å². The van der Waals surface area contributed by atoms with E-state index in [4.69, 9.17) is 10.2 Å². The summed E-state index contributed by atoms with van der Waals surface area (Å²) in [6.07, 6.45) is 1.32. The molecule has 1 aromatic rings. The van der Waals surface area contributed by atoms with Crippen molar-refractivity contribution in [3.05, 3.63) is 35.4 Å². The molecule has 0 spiro atoms. The molecule has 2 rings (SSSR count). The molecule has 19 heavy (non-hydrogen) atoms. The SMILES string of the molecule is O=C(N[C@@H](CCO)C(=O)O)C1Cc2ccccc2C1. The van der Waals surface area contributed by atoms with Crippen LogP contribution in [0, 0.1) is 5.92 Å². The molecule has 1 amide bonds. The lowest BCUT2D eigenvalue weighted by Crippen LogP contribution is -2.44. The van der Waals surface area contributed by atoms with Crippen molar-refractivity contribution in [2.75, 3.05) is 6.61 Å². The fourth-order valence-corrected chi connectivity index (χ4v) is 2.42. The number of hydrogen-bond acceptors (Lipinski definition) is 3. The summed E-state index contributed by atoms with van der Waals surface area (Å²) in [6.45, 7) is -0.262. The van der Waals surface area contributed by atoms with Crippen molar-refractivity contribution < 1.29 is 19.8 Å². The van der Waals surface area contributed by atoms with Gasteiger partial charge in [-0.15, -0.1) is 0 Å². The van der Waals surface area contributed by atoms with Gasteiger partial charge in [0.15, 0.2) is 0 Å². The highest BCUT2D eigenvalue weighted by molar-refractivity contribution is 5.85. The van der Waals surface area contributed by atoms with Gasteiger partial charge in [0.2, 0.25) is 5.91 Å². The second kappa shape index (κ2) is 5.84. The van der Waals surface area contributed by atoms with Crippen LogP contribution in [-0.2, 0) is 22.4 Å². The number of benzene rings is 1. The number of carboxylic acids is 1. The Kier molecular flexibility index (Phi) is 4.16. The van der Waals surface area contributed by atoms with Crippen molar-refractivity contribution in [1.82, 2.24) is 5.32 Å². The Bertz CT molecular complexity index is 461. The number of fused-ring (bicyclic) bond motifs is 1. The Morgan fingerprint density at radius 1 is 1.26 bits per heavy atom. The molecule has 0 radical (unpaired) electrons. The average molecular weight is 263 g/mol. The minimum Gasteiger partial charge on any atom is -0.480 e. The van der Waals surface area contributed by atoms with Gasteiger partial charge in [-0.2, -0.15) is 0 Å². The topological polar surface area (TPSA) is 86.6 Å². The molecule has 0 fully saturated rings. The molecule has 3 N–H and O–H groups in total. The van der Waals surface area contributed by atoms with Gasteiger partial charge >= 0.3 is 5.97 Å². The van der Waals surface area contributed by atoms with E-state index in [1.807, 2.05) is 24.3 Å². The molecule has 0 heterocycles. The van der Waals surface area contributed by atoms with Crippen molar-refractivity contribution in [2.45, 2.75) is 25.3 Å². The van der Waals surface area contributed by atoms with Gasteiger partial charge in [0.05, 0.1) is 0 Å². The lowest BCUT2D eigenvalue weighted by molar-refractivity contribution is -0.142. The van der Waals surface area contributed by atoms with Gasteiger partial charge in [-0.3, -0.25) is 4.79 Å². The number of amides is 1. The maximum Gasteiger partial charge on any atom is 0.326 e. The summed E-state index contributed by atoms with van der Waals surface area (Å²) >= 11 is 0. The van der Waals surface area contributed by atoms with Crippen LogP contribution >= 0.6 is 0 Å². The third-order valence-electron chi connectivity index (χ3n) is 3.45. The van der Waals surface area contributed by atoms with E-state index >= 15 is 0 Å². The Balaban J connectivity index is 1.97. The minimum atomic E-state index is -1.11. The van der Waals surface area contributed by atoms with Crippen LogP contribution in [0.25, 0.3) is 0 Å². The van der Waals surface area contributed by atoms with Crippen molar-refractivity contribution in [1.29, 1.82) is 0 Å². The smallest absolute Gasteiger partial charge is 0.326 e. The van der Waals surface area contributed by atoms with Crippen LogP contribution < -0.4 is 5.32 Å². The third kappa shape index (κ3) is 3.12. The fourth-order valence-electron chi connectivity index (χ4n) is 2.42. The first-order chi connectivity index (χ1) is 9.11. The molecule has 1 atom stereocenters. The highest BCUT2D eigenvalue weighted by atomic mass is 16.4. The molecule has 0 saturated heterocycles. The van der Waals surface area contributed by atoms with Crippen molar-refractivity contribution in [2.24, 2.45) is 5.92 Å². The second-order valence-corrected chi connectivity index (χ2v) is 4.79. The normalized spacial score (nSPS) is 15.8. The second-order valence-electron chi connectivity index (χ2n) is 4.79. The maximum absolute atomic E-state index is 12.0. The highest BCUT2D eigenvalue weighted by Crippen LogP contribution is 2.26. The van der Waals surface area contributed by atoms with Crippen LogP contribution in [0.1, 0.15) is 17.5 Å². The predicted molar refractivity (Wildman–Crippen MR) is 68.6 cm³/mol. The van der Waals surface area contributed by atoms with Gasteiger partial charge in [-0.1, -0.05) is 24.3 Å². The molecule has 0 aliphatic heterocycles. The van der Waals surface area contributed by atoms with E-state index in [2.05, 4.69) is 5.32 Å². The van der Waals surface area contributed by atoms with Gasteiger partial charge in [0.25, 0.3) is 0 Å². The first kappa shape index (κ1) is 13.5. The van der Waals surface area contributed by atoms with Gasteiger partial charge in [0, 0.05) is 18.9 Å². The van der Waals surface area contributed by atoms with E-state index in [0.717, 1.165) is 11.1 Å². The molecular formula is C14H17NO4. The molecule has 1 aromatic carbocycles. The maximum atomic E-state index is 12.0. The quantitative estimate of drug-likeness (QED) is 0.715. The largest absolute Gasteiger partial charge is 0.480 e. The van der Waals surface area contributed by atoms with Crippen molar-refractivity contribution in [3.8, 4) is 0 Å². The van der Waals surface area contributed by atoms with Crippen LogP contribution in [-0.4, -0.2) is 34.7 Å². The predicted octanol–water partition coefficient (Wildman–Crippen LogP) is 0.353. The van der Waals surface area contributed by atoms with Crippen LogP contribution in [0.3, 0.4) is 0 Å². The zero-order valence-electron chi connectivity index (χ0n) is 10.5. The lowest BCUT2D eigenvalue weighted by atomic mass is 10.0. The molecule has 5 nitrogen and oxygen atoms in total. The van der Waals surface area contributed by atoms with Gasteiger partial charge < -0.3 is 15.5 Å². The minimum absolute atomic E-state index is 0.0285. The van der Waals surface area contributed by atoms with Gasteiger partial charge in [-0.05, 0) is 24.0 Å². The number of aliphatic hydroxyl groups excluding tert-OH is 1. The summed E-state index contributed by atoms with van der Waals surface area (Å²) in [5, 5.41) is 20.2. The Labute approximate surface area is 111 Å². The number of rotatable bonds is 5. The van der Waals surface area contributed by atoms with Gasteiger partial charge in [-0.25, -0.2) is 4.79 Å². The van der Waals surface area contributed by atoms with Crippen LogP contribution in [0.5, 0.6) is 0 Å². The summed E-state index contributed by atoms with van der Waals surface area (Å²) in [5.74, 6) is -1.58. The molecule has 1 aliphatic rings. The fraction of sp³-hybridized carbons (Fsp3) is 0.429. The average Bonchev–Trinajstić information content (AvgIpc) is 2.81. The molecule has 0 aromatic heterocycles. The highest BCUT2D eigenvalue weighted by Gasteiger charge is 2.29. The number of nitrogens with one attached hydrogen (secondary N) is 1. The zero-order chi connectivity index (χ0) is 13.8. The first-order valence-corrected chi connectivity index (χ1v) is 6.32. The monoisotopic (exact) mass is 263 g/mol. The lowest BCUT2D eigenvalue weighted by Gasteiger charge is -2.16. The van der Waals surface area contributed by atoms with Crippen molar-refractivity contribution >= 4 is 11.9 Å². The molecule has 0 saturated carbocycles. The van der Waals surface area contributed by atoms with Crippen LogP contribution in [0.2, 0.25) is 0 Å². The number of aliphatic hydroxyl groups is 1. The number of carboxylic acid groups (broad SMARTS) is 1. The third-order valence-corrected chi connectivity index (χ3v) is 3.45. The van der Waals surface area contributed by atoms with E-state index in [1.54, 1.807) is 0 Å². The number of hydrogen-bond donors (Lipinski definition) is 3. The molecule has 0 bridgehead atoms. The first-order valence-electron chi connectivity index (χ1n) is 6.32. The Morgan fingerprint density at radius 2 is 1.84 bits per heavy atom. The summed E-state index contributed by atoms with van der Waals surface area (Å²) in [5.41, 5.74) is 2.30. The summed E-state index contributed by atoms with van der Waals surface area (Å²) in [7, 11) is 0. The van der Waals surface area contributed by atoms with E-state index in [9.17, 15) is 9.59 Å².